The Kier molecular flexibility index (Phi) is 5.15. The van der Waals surface area contributed by atoms with Crippen LogP contribution in [0.25, 0.3) is 16.6 Å². The van der Waals surface area contributed by atoms with Crippen molar-refractivity contribution in [1.29, 1.82) is 0 Å². The number of nitrogens with zero attached hydrogens (tertiary/aromatic N) is 2. The quantitative estimate of drug-likeness (QED) is 0.472. The molecule has 1 heterocycles. The summed E-state index contributed by atoms with van der Waals surface area (Å²) in [6, 6.07) is 8.16. The minimum absolute atomic E-state index is 0.167. The van der Waals surface area contributed by atoms with Gasteiger partial charge in [0.15, 0.2) is 5.60 Å². The minimum atomic E-state index is -4.72. The van der Waals surface area contributed by atoms with Gasteiger partial charge < -0.3 is 10.8 Å². The molecule has 0 saturated heterocycles. The molecule has 182 valence electrons. The molecule has 3 atom stereocenters. The highest BCUT2D eigenvalue weighted by Gasteiger charge is 2.65. The second-order valence-corrected chi connectivity index (χ2v) is 10.1. The molecule has 0 unspecified atom stereocenters. The first kappa shape index (κ1) is 23.3. The maximum absolute atomic E-state index is 13.8. The van der Waals surface area contributed by atoms with Crippen molar-refractivity contribution in [2.75, 3.05) is 0 Å². The van der Waals surface area contributed by atoms with Gasteiger partial charge in [-0.2, -0.15) is 18.3 Å². The number of alkyl halides is 3. The van der Waals surface area contributed by atoms with Gasteiger partial charge in [-0.05, 0) is 92.5 Å². The van der Waals surface area contributed by atoms with E-state index >= 15 is 0 Å². The zero-order chi connectivity index (χ0) is 24.5. The molecule has 1 aromatic heterocycles. The lowest BCUT2D eigenvalue weighted by Gasteiger charge is -2.56. The van der Waals surface area contributed by atoms with Crippen LogP contribution in [0.4, 0.5) is 17.6 Å². The van der Waals surface area contributed by atoms with Crippen molar-refractivity contribution >= 4 is 10.9 Å². The topological polar surface area (TPSA) is 64.1 Å². The van der Waals surface area contributed by atoms with Crippen LogP contribution in [-0.4, -0.2) is 32.2 Å². The molecule has 4 nitrogen and oxygen atoms in total. The van der Waals surface area contributed by atoms with Gasteiger partial charge in [-0.25, -0.2) is 9.07 Å². The van der Waals surface area contributed by atoms with E-state index in [1.165, 1.54) is 12.1 Å². The molecule has 0 bridgehead atoms. The number of aliphatic hydroxyl groups is 1. The highest BCUT2D eigenvalue weighted by Crippen LogP contribution is 2.58. The van der Waals surface area contributed by atoms with E-state index in [1.54, 1.807) is 23.0 Å². The van der Waals surface area contributed by atoms with Crippen molar-refractivity contribution in [1.82, 2.24) is 9.78 Å². The fraction of sp³-hybridized carbons (Fsp3) is 0.500. The summed E-state index contributed by atoms with van der Waals surface area (Å²) < 4.78 is 56.7. The Bertz CT molecular complexity index is 1250. The smallest absolute Gasteiger partial charge is 0.380 e. The van der Waals surface area contributed by atoms with Crippen molar-refractivity contribution in [3.05, 3.63) is 59.0 Å². The Morgan fingerprint density at radius 3 is 2.50 bits per heavy atom. The van der Waals surface area contributed by atoms with Crippen molar-refractivity contribution in [3.8, 4) is 5.69 Å². The molecule has 34 heavy (non-hydrogen) atoms. The molecule has 0 aliphatic heterocycles. The van der Waals surface area contributed by atoms with Gasteiger partial charge in [-0.3, -0.25) is 0 Å². The number of halogens is 4. The summed E-state index contributed by atoms with van der Waals surface area (Å²) in [6.45, 7) is 4.00. The highest BCUT2D eigenvalue weighted by molar-refractivity contribution is 5.86. The van der Waals surface area contributed by atoms with E-state index in [0.717, 1.165) is 33.3 Å². The number of rotatable bonds is 2. The average Bonchev–Trinajstić information content (AvgIpc) is 3.14. The summed E-state index contributed by atoms with van der Waals surface area (Å²) in [5, 5.41) is 16.0. The van der Waals surface area contributed by atoms with Crippen LogP contribution in [0.5, 0.6) is 0 Å². The maximum atomic E-state index is 13.8. The van der Waals surface area contributed by atoms with Gasteiger partial charge in [0.05, 0.1) is 17.4 Å². The van der Waals surface area contributed by atoms with Crippen molar-refractivity contribution < 1.29 is 22.7 Å². The van der Waals surface area contributed by atoms with Crippen LogP contribution in [-0.2, 0) is 11.8 Å². The van der Waals surface area contributed by atoms with Crippen LogP contribution in [0.15, 0.2) is 36.5 Å². The summed E-state index contributed by atoms with van der Waals surface area (Å²) in [4.78, 5) is 0. The van der Waals surface area contributed by atoms with Gasteiger partial charge in [0.1, 0.15) is 5.82 Å². The molecule has 8 heteroatoms. The van der Waals surface area contributed by atoms with Crippen LogP contribution in [0.2, 0.25) is 0 Å². The number of hydrogen-bond donors (Lipinski definition) is 2. The van der Waals surface area contributed by atoms with E-state index < -0.39 is 29.2 Å². The molecule has 2 aromatic carbocycles. The zero-order valence-electron chi connectivity index (χ0n) is 19.3. The summed E-state index contributed by atoms with van der Waals surface area (Å²) in [6.07, 6.45) is -1.35. The Morgan fingerprint density at radius 2 is 1.85 bits per heavy atom. The minimum Gasteiger partial charge on any atom is -0.380 e. The molecule has 0 spiro atoms. The molecule has 1 saturated carbocycles. The summed E-state index contributed by atoms with van der Waals surface area (Å²) in [5.74, 6) is -0.328. The van der Waals surface area contributed by atoms with Crippen molar-refractivity contribution in [2.45, 2.75) is 81.5 Å². The van der Waals surface area contributed by atoms with Gasteiger partial charge in [-0.1, -0.05) is 6.92 Å². The lowest BCUT2D eigenvalue weighted by Crippen LogP contribution is -2.67. The van der Waals surface area contributed by atoms with Crippen LogP contribution >= 0.6 is 0 Å². The number of fused-ring (bicyclic) bond motifs is 4. The van der Waals surface area contributed by atoms with Crippen molar-refractivity contribution in [3.63, 3.8) is 0 Å². The van der Waals surface area contributed by atoms with Gasteiger partial charge in [-0.15, -0.1) is 0 Å². The van der Waals surface area contributed by atoms with Crippen LogP contribution in [0.1, 0.15) is 62.1 Å². The van der Waals surface area contributed by atoms with E-state index in [-0.39, 0.29) is 18.7 Å². The number of nitrogens with two attached hydrogens (primary N) is 1. The third kappa shape index (κ3) is 3.14. The number of aromatic nitrogens is 2. The summed E-state index contributed by atoms with van der Waals surface area (Å²) in [5.41, 5.74) is 7.01. The van der Waals surface area contributed by atoms with E-state index in [1.807, 2.05) is 19.9 Å². The Balaban J connectivity index is 1.70. The molecule has 2 aliphatic rings. The highest BCUT2D eigenvalue weighted by atomic mass is 19.4. The largest absolute Gasteiger partial charge is 0.417 e. The Hall–Kier alpha value is -2.45. The zero-order valence-corrected chi connectivity index (χ0v) is 19.3. The first-order valence-electron chi connectivity index (χ1n) is 11.8. The van der Waals surface area contributed by atoms with Crippen LogP contribution < -0.4 is 5.73 Å². The Morgan fingerprint density at radius 1 is 1.15 bits per heavy atom. The molecular formula is C26H29F4N3O. The normalized spacial score (nSPS) is 29.5. The second-order valence-electron chi connectivity index (χ2n) is 10.1. The number of aryl methyl sites for hydroxylation is 1. The van der Waals surface area contributed by atoms with E-state index in [9.17, 15) is 22.7 Å². The number of benzene rings is 2. The summed E-state index contributed by atoms with van der Waals surface area (Å²) in [7, 11) is 0. The monoisotopic (exact) mass is 475 g/mol. The Labute approximate surface area is 195 Å². The standard InChI is InChI=1S/C26H29F4N3O/c1-3-23-11-12-25(34,26(28,29)30)15-24(23,31)10-4-5-20-16(2)22-17(13-21(20)23)14-32-33(22)19-8-6-18(27)7-9-19/h6-9,13-14,34H,3-5,10-12,15,31H2,1-2H3/t23-,24-,25+/m0/s1. The van der Waals surface area contributed by atoms with Gasteiger partial charge in [0, 0.05) is 22.8 Å². The molecular weight excluding hydrogens is 446 g/mol. The van der Waals surface area contributed by atoms with Crippen LogP contribution in [0.3, 0.4) is 0 Å². The van der Waals surface area contributed by atoms with Gasteiger partial charge >= 0.3 is 6.18 Å². The van der Waals surface area contributed by atoms with Crippen LogP contribution in [0, 0.1) is 12.7 Å². The second kappa shape index (κ2) is 7.52. The lowest BCUT2D eigenvalue weighted by molar-refractivity contribution is -0.281. The molecule has 3 N–H and O–H groups in total. The SMILES string of the molecule is CC[C@@]12CC[C@](O)(C(F)(F)F)C[C@@]1(N)CCCc1c2cc2cnn(-c3ccc(F)cc3)c2c1C. The summed E-state index contributed by atoms with van der Waals surface area (Å²) >= 11 is 0. The molecule has 1 fully saturated rings. The third-order valence-corrected chi connectivity index (χ3v) is 8.52. The fourth-order valence-corrected chi connectivity index (χ4v) is 6.68. The maximum Gasteiger partial charge on any atom is 0.417 e. The van der Waals surface area contributed by atoms with Gasteiger partial charge in [0.25, 0.3) is 0 Å². The molecule has 0 radical (unpaired) electrons. The molecule has 0 amide bonds. The molecule has 2 aliphatic carbocycles. The first-order chi connectivity index (χ1) is 15.9. The average molecular weight is 476 g/mol. The third-order valence-electron chi connectivity index (χ3n) is 8.52. The predicted octanol–water partition coefficient (Wildman–Crippen LogP) is 5.63. The van der Waals surface area contributed by atoms with E-state index in [4.69, 9.17) is 5.73 Å². The van der Waals surface area contributed by atoms with Gasteiger partial charge in [0.2, 0.25) is 0 Å². The van der Waals surface area contributed by atoms with E-state index in [0.29, 0.717) is 25.7 Å². The van der Waals surface area contributed by atoms with E-state index in [2.05, 4.69) is 5.10 Å². The van der Waals surface area contributed by atoms with Crippen molar-refractivity contribution in [2.24, 2.45) is 5.73 Å². The molecule has 5 rings (SSSR count). The predicted molar refractivity (Wildman–Crippen MR) is 122 cm³/mol. The fourth-order valence-electron chi connectivity index (χ4n) is 6.68. The number of hydrogen-bond acceptors (Lipinski definition) is 3. The lowest BCUT2D eigenvalue weighted by atomic mass is 9.52. The first-order valence-corrected chi connectivity index (χ1v) is 11.8. The molecule has 3 aromatic rings.